The van der Waals surface area contributed by atoms with Gasteiger partial charge in [0.25, 0.3) is 5.91 Å². The highest BCUT2D eigenvalue weighted by molar-refractivity contribution is 5.92. The zero-order valence-electron chi connectivity index (χ0n) is 13.4. The molecule has 2 fully saturated rings. The third-order valence-electron chi connectivity index (χ3n) is 4.83. The van der Waals surface area contributed by atoms with Gasteiger partial charge in [-0.15, -0.1) is 0 Å². The summed E-state index contributed by atoms with van der Waals surface area (Å²) in [6, 6.07) is 0.153. The smallest absolute Gasteiger partial charge is 0.274 e. The standard InChI is InChI=1S/C16H25N5O/c1-11(2)12-9-21(10-13(12)17)15-8-18-7-14(19-15)16(22)20-5-3-4-6-20/h7-8,11-13H,3-6,9-10,17H2,1-2H3/t12-,13+/m0/s1. The van der Waals surface area contributed by atoms with Crippen LogP contribution in [0.1, 0.15) is 37.2 Å². The van der Waals surface area contributed by atoms with E-state index in [9.17, 15) is 4.79 Å². The lowest BCUT2D eigenvalue weighted by Gasteiger charge is -2.20. The molecule has 0 aliphatic carbocycles. The van der Waals surface area contributed by atoms with Gasteiger partial charge in [0, 0.05) is 32.2 Å². The summed E-state index contributed by atoms with van der Waals surface area (Å²) < 4.78 is 0. The second kappa shape index (κ2) is 6.20. The van der Waals surface area contributed by atoms with Crippen molar-refractivity contribution in [1.82, 2.24) is 14.9 Å². The molecule has 0 unspecified atom stereocenters. The van der Waals surface area contributed by atoms with Crippen molar-refractivity contribution < 1.29 is 4.79 Å². The maximum absolute atomic E-state index is 12.4. The number of likely N-dealkylation sites (tertiary alicyclic amines) is 1. The maximum atomic E-state index is 12.4. The van der Waals surface area contributed by atoms with E-state index in [1.807, 2.05) is 4.90 Å². The van der Waals surface area contributed by atoms with Gasteiger partial charge in [0.15, 0.2) is 0 Å². The van der Waals surface area contributed by atoms with Gasteiger partial charge < -0.3 is 15.5 Å². The monoisotopic (exact) mass is 303 g/mol. The van der Waals surface area contributed by atoms with E-state index in [1.54, 1.807) is 12.4 Å². The average Bonchev–Trinajstić information content (AvgIpc) is 3.16. The Bertz CT molecular complexity index is 541. The maximum Gasteiger partial charge on any atom is 0.274 e. The molecule has 1 amide bonds. The van der Waals surface area contributed by atoms with Crippen LogP contribution in [0.15, 0.2) is 12.4 Å². The minimum Gasteiger partial charge on any atom is -0.353 e. The van der Waals surface area contributed by atoms with Crippen LogP contribution in [0.5, 0.6) is 0 Å². The van der Waals surface area contributed by atoms with Crippen molar-refractivity contribution >= 4 is 11.7 Å². The Morgan fingerprint density at radius 1 is 1.27 bits per heavy atom. The fraction of sp³-hybridized carbons (Fsp3) is 0.688. The number of aromatic nitrogens is 2. The normalized spacial score (nSPS) is 25.3. The van der Waals surface area contributed by atoms with E-state index in [0.29, 0.717) is 17.5 Å². The number of anilines is 1. The first-order valence-electron chi connectivity index (χ1n) is 8.18. The largest absolute Gasteiger partial charge is 0.353 e. The summed E-state index contributed by atoms with van der Waals surface area (Å²) in [5.41, 5.74) is 6.69. The third-order valence-corrected chi connectivity index (χ3v) is 4.83. The van der Waals surface area contributed by atoms with Crippen LogP contribution in [-0.4, -0.2) is 53.0 Å². The molecular formula is C16H25N5O. The molecule has 0 bridgehead atoms. The topological polar surface area (TPSA) is 75.4 Å². The van der Waals surface area contributed by atoms with Gasteiger partial charge in [-0.1, -0.05) is 13.8 Å². The highest BCUT2D eigenvalue weighted by Crippen LogP contribution is 2.26. The molecule has 1 aromatic rings. The molecule has 120 valence electrons. The first-order chi connectivity index (χ1) is 10.6. The van der Waals surface area contributed by atoms with Crippen LogP contribution in [-0.2, 0) is 0 Å². The number of carbonyl (C=O) groups is 1. The number of hydrogen-bond acceptors (Lipinski definition) is 5. The lowest BCUT2D eigenvalue weighted by atomic mass is 9.92. The van der Waals surface area contributed by atoms with Gasteiger partial charge in [-0.3, -0.25) is 9.78 Å². The molecule has 3 rings (SSSR count). The summed E-state index contributed by atoms with van der Waals surface area (Å²) in [5.74, 6) is 1.77. The second-order valence-corrected chi connectivity index (χ2v) is 6.74. The molecule has 0 saturated carbocycles. The Labute approximate surface area is 131 Å². The first kappa shape index (κ1) is 15.2. The molecule has 2 aliphatic heterocycles. The highest BCUT2D eigenvalue weighted by Gasteiger charge is 2.33. The first-order valence-corrected chi connectivity index (χ1v) is 8.18. The number of hydrogen-bond donors (Lipinski definition) is 1. The number of nitrogens with zero attached hydrogens (tertiary/aromatic N) is 4. The molecule has 2 saturated heterocycles. The van der Waals surface area contributed by atoms with Crippen LogP contribution in [0, 0.1) is 11.8 Å². The summed E-state index contributed by atoms with van der Waals surface area (Å²) in [5, 5.41) is 0. The van der Waals surface area contributed by atoms with Crippen molar-refractivity contribution in [3.63, 3.8) is 0 Å². The molecule has 1 aromatic heterocycles. The number of nitrogens with two attached hydrogens (primary N) is 1. The zero-order valence-corrected chi connectivity index (χ0v) is 13.4. The van der Waals surface area contributed by atoms with E-state index in [4.69, 9.17) is 5.73 Å². The summed E-state index contributed by atoms with van der Waals surface area (Å²) in [4.78, 5) is 25.2. The van der Waals surface area contributed by atoms with Gasteiger partial charge >= 0.3 is 0 Å². The summed E-state index contributed by atoms with van der Waals surface area (Å²) in [6.45, 7) is 7.72. The van der Waals surface area contributed by atoms with Crippen molar-refractivity contribution in [2.75, 3.05) is 31.1 Å². The molecule has 2 atom stereocenters. The fourth-order valence-corrected chi connectivity index (χ4v) is 3.44. The zero-order chi connectivity index (χ0) is 15.7. The molecule has 3 heterocycles. The molecule has 6 heteroatoms. The van der Waals surface area contributed by atoms with Gasteiger partial charge in [-0.25, -0.2) is 4.98 Å². The molecule has 6 nitrogen and oxygen atoms in total. The average molecular weight is 303 g/mol. The molecule has 22 heavy (non-hydrogen) atoms. The fourth-order valence-electron chi connectivity index (χ4n) is 3.44. The van der Waals surface area contributed by atoms with Crippen molar-refractivity contribution in [2.24, 2.45) is 17.6 Å². The molecule has 2 N–H and O–H groups in total. The summed E-state index contributed by atoms with van der Waals surface area (Å²) >= 11 is 0. The molecule has 0 radical (unpaired) electrons. The minimum atomic E-state index is -0.00393. The Morgan fingerprint density at radius 3 is 2.64 bits per heavy atom. The van der Waals surface area contributed by atoms with Crippen LogP contribution >= 0.6 is 0 Å². The predicted molar refractivity (Wildman–Crippen MR) is 85.7 cm³/mol. The third kappa shape index (κ3) is 2.92. The van der Waals surface area contributed by atoms with Crippen molar-refractivity contribution in [1.29, 1.82) is 0 Å². The Kier molecular flexibility index (Phi) is 4.29. The van der Waals surface area contributed by atoms with Crippen LogP contribution in [0.4, 0.5) is 5.82 Å². The summed E-state index contributed by atoms with van der Waals surface area (Å²) in [7, 11) is 0. The lowest BCUT2D eigenvalue weighted by Crippen LogP contribution is -2.32. The van der Waals surface area contributed by atoms with Crippen LogP contribution in [0.3, 0.4) is 0 Å². The number of amides is 1. The Hall–Kier alpha value is -1.69. The van der Waals surface area contributed by atoms with Gasteiger partial charge in [0.2, 0.25) is 0 Å². The van der Waals surface area contributed by atoms with Crippen molar-refractivity contribution in [3.05, 3.63) is 18.1 Å². The predicted octanol–water partition coefficient (Wildman–Crippen LogP) is 1.13. The van der Waals surface area contributed by atoms with Gasteiger partial charge in [0.05, 0.1) is 12.4 Å². The highest BCUT2D eigenvalue weighted by atomic mass is 16.2. The van der Waals surface area contributed by atoms with Crippen molar-refractivity contribution in [2.45, 2.75) is 32.7 Å². The van der Waals surface area contributed by atoms with E-state index in [2.05, 4.69) is 28.7 Å². The number of carbonyl (C=O) groups excluding carboxylic acids is 1. The Balaban J connectivity index is 1.75. The molecule has 2 aliphatic rings. The van der Waals surface area contributed by atoms with Gasteiger partial charge in [-0.05, 0) is 24.7 Å². The lowest BCUT2D eigenvalue weighted by molar-refractivity contribution is 0.0786. The van der Waals surface area contributed by atoms with Gasteiger partial charge in [0.1, 0.15) is 11.5 Å². The quantitative estimate of drug-likeness (QED) is 0.906. The second-order valence-electron chi connectivity index (χ2n) is 6.74. The van der Waals surface area contributed by atoms with Crippen LogP contribution in [0.25, 0.3) is 0 Å². The van der Waals surface area contributed by atoms with E-state index in [0.717, 1.165) is 44.8 Å². The van der Waals surface area contributed by atoms with Crippen LogP contribution < -0.4 is 10.6 Å². The Morgan fingerprint density at radius 2 is 2.00 bits per heavy atom. The molecule has 0 aromatic carbocycles. The number of rotatable bonds is 3. The van der Waals surface area contributed by atoms with E-state index >= 15 is 0 Å². The van der Waals surface area contributed by atoms with Crippen molar-refractivity contribution in [3.8, 4) is 0 Å². The van der Waals surface area contributed by atoms with E-state index in [-0.39, 0.29) is 11.9 Å². The van der Waals surface area contributed by atoms with Gasteiger partial charge in [-0.2, -0.15) is 0 Å². The summed E-state index contributed by atoms with van der Waals surface area (Å²) in [6.07, 6.45) is 5.46. The molecular weight excluding hydrogens is 278 g/mol. The van der Waals surface area contributed by atoms with Crippen LogP contribution in [0.2, 0.25) is 0 Å². The van der Waals surface area contributed by atoms with E-state index < -0.39 is 0 Å². The van der Waals surface area contributed by atoms with E-state index in [1.165, 1.54) is 0 Å². The molecule has 0 spiro atoms. The minimum absolute atomic E-state index is 0.00393. The SMILES string of the molecule is CC(C)[C@@H]1CN(c2cncc(C(=O)N3CCCC3)n2)C[C@H]1N.